The van der Waals surface area contributed by atoms with E-state index in [-0.39, 0.29) is 5.92 Å². The van der Waals surface area contributed by atoms with E-state index in [1.54, 1.807) is 0 Å². The first kappa shape index (κ1) is 13.2. The lowest BCUT2D eigenvalue weighted by Gasteiger charge is -2.54. The SMILES string of the molecule is CN(C(=O)C1C2CC3CC(C2)CC1C3)c1ccccc1N. The van der Waals surface area contributed by atoms with Crippen LogP contribution in [0.25, 0.3) is 0 Å². The van der Waals surface area contributed by atoms with E-state index in [1.165, 1.54) is 32.1 Å². The number of nitrogens with zero attached hydrogens (tertiary/aromatic N) is 1. The summed E-state index contributed by atoms with van der Waals surface area (Å²) < 4.78 is 0. The number of nitrogen functional groups attached to an aromatic ring is 1. The summed E-state index contributed by atoms with van der Waals surface area (Å²) in [7, 11) is 1.89. The Balaban J connectivity index is 1.59. The van der Waals surface area contributed by atoms with Crippen LogP contribution in [0.4, 0.5) is 11.4 Å². The highest BCUT2D eigenvalue weighted by molar-refractivity contribution is 5.97. The highest BCUT2D eigenvalue weighted by Crippen LogP contribution is 2.57. The summed E-state index contributed by atoms with van der Waals surface area (Å²) >= 11 is 0. The van der Waals surface area contributed by atoms with Crippen molar-refractivity contribution < 1.29 is 4.79 Å². The van der Waals surface area contributed by atoms with Gasteiger partial charge >= 0.3 is 0 Å². The molecule has 0 radical (unpaired) electrons. The fraction of sp³-hybridized carbons (Fsp3) is 0.611. The van der Waals surface area contributed by atoms with Gasteiger partial charge in [0.1, 0.15) is 0 Å². The smallest absolute Gasteiger partial charge is 0.230 e. The molecular formula is C18H24N2O. The van der Waals surface area contributed by atoms with Gasteiger partial charge in [0, 0.05) is 13.0 Å². The molecule has 5 rings (SSSR count). The molecule has 4 fully saturated rings. The number of benzene rings is 1. The monoisotopic (exact) mass is 284 g/mol. The maximum absolute atomic E-state index is 13.1. The number of carbonyl (C=O) groups excluding carboxylic acids is 1. The lowest BCUT2D eigenvalue weighted by atomic mass is 9.51. The summed E-state index contributed by atoms with van der Waals surface area (Å²) in [6.45, 7) is 0. The number of hydrogen-bond donors (Lipinski definition) is 1. The van der Waals surface area contributed by atoms with Crippen molar-refractivity contribution in [3.05, 3.63) is 24.3 Å². The Labute approximate surface area is 126 Å². The minimum absolute atomic E-state index is 0.238. The zero-order valence-corrected chi connectivity index (χ0v) is 12.7. The molecule has 112 valence electrons. The molecule has 0 atom stereocenters. The molecule has 4 aliphatic carbocycles. The molecule has 2 N–H and O–H groups in total. The van der Waals surface area contributed by atoms with Gasteiger partial charge in [0.2, 0.25) is 5.91 Å². The fourth-order valence-electron chi connectivity index (χ4n) is 5.46. The fourth-order valence-corrected chi connectivity index (χ4v) is 5.46. The summed E-state index contributed by atoms with van der Waals surface area (Å²) in [5, 5.41) is 0. The second kappa shape index (κ2) is 4.75. The predicted octanol–water partition coefficient (Wildman–Crippen LogP) is 3.30. The number of carbonyl (C=O) groups is 1. The third-order valence-electron chi connectivity index (χ3n) is 6.14. The highest BCUT2D eigenvalue weighted by Gasteiger charge is 2.51. The Morgan fingerprint density at radius 3 is 2.19 bits per heavy atom. The van der Waals surface area contributed by atoms with E-state index in [0.29, 0.717) is 23.4 Å². The van der Waals surface area contributed by atoms with E-state index in [0.717, 1.165) is 17.5 Å². The number of para-hydroxylation sites is 2. The number of anilines is 2. The highest BCUT2D eigenvalue weighted by atomic mass is 16.2. The maximum Gasteiger partial charge on any atom is 0.230 e. The van der Waals surface area contributed by atoms with Gasteiger partial charge < -0.3 is 10.6 Å². The normalized spacial score (nSPS) is 36.7. The molecule has 3 nitrogen and oxygen atoms in total. The van der Waals surface area contributed by atoms with Gasteiger partial charge in [0.15, 0.2) is 0 Å². The van der Waals surface area contributed by atoms with Crippen LogP contribution in [0.3, 0.4) is 0 Å². The van der Waals surface area contributed by atoms with Crippen molar-refractivity contribution in [2.75, 3.05) is 17.7 Å². The maximum atomic E-state index is 13.1. The number of rotatable bonds is 2. The van der Waals surface area contributed by atoms with Crippen molar-refractivity contribution in [1.82, 2.24) is 0 Å². The standard InChI is InChI=1S/C18H24N2O/c1-20(16-5-3-2-4-15(16)19)18(21)17-13-7-11-6-12(9-13)10-14(17)8-11/h2-5,11-14,17H,6-10,19H2,1H3. The lowest BCUT2D eigenvalue weighted by Crippen LogP contribution is -2.51. The van der Waals surface area contributed by atoms with Crippen LogP contribution in [0.2, 0.25) is 0 Å². The minimum atomic E-state index is 0.238. The van der Waals surface area contributed by atoms with Crippen LogP contribution >= 0.6 is 0 Å². The second-order valence-electron chi connectivity index (χ2n) is 7.41. The van der Waals surface area contributed by atoms with Gasteiger partial charge in [0.25, 0.3) is 0 Å². The van der Waals surface area contributed by atoms with Gasteiger partial charge in [0.05, 0.1) is 11.4 Å². The van der Waals surface area contributed by atoms with E-state index in [2.05, 4.69) is 0 Å². The molecule has 4 saturated carbocycles. The number of amides is 1. The molecule has 0 aromatic heterocycles. The van der Waals surface area contributed by atoms with Crippen LogP contribution in [0, 0.1) is 29.6 Å². The Bertz CT molecular complexity index is 540. The lowest BCUT2D eigenvalue weighted by molar-refractivity contribution is -0.135. The summed E-state index contributed by atoms with van der Waals surface area (Å²) in [6.07, 6.45) is 6.54. The summed E-state index contributed by atoms with van der Waals surface area (Å²) in [4.78, 5) is 14.9. The topological polar surface area (TPSA) is 46.3 Å². The molecule has 1 amide bonds. The summed E-state index contributed by atoms with van der Waals surface area (Å²) in [5.41, 5.74) is 7.59. The average Bonchev–Trinajstić information content (AvgIpc) is 2.45. The van der Waals surface area contributed by atoms with Crippen LogP contribution in [0.15, 0.2) is 24.3 Å². The van der Waals surface area contributed by atoms with E-state index < -0.39 is 0 Å². The molecule has 1 aromatic rings. The average molecular weight is 284 g/mol. The molecule has 0 aliphatic heterocycles. The van der Waals surface area contributed by atoms with Gasteiger partial charge in [-0.3, -0.25) is 4.79 Å². The Morgan fingerprint density at radius 1 is 1.05 bits per heavy atom. The van der Waals surface area contributed by atoms with Gasteiger partial charge in [-0.25, -0.2) is 0 Å². The van der Waals surface area contributed by atoms with Gasteiger partial charge in [-0.1, -0.05) is 12.1 Å². The second-order valence-corrected chi connectivity index (χ2v) is 7.41. The Kier molecular flexibility index (Phi) is 2.98. The van der Waals surface area contributed by atoms with Crippen LogP contribution in [-0.2, 0) is 4.79 Å². The number of hydrogen-bond acceptors (Lipinski definition) is 2. The van der Waals surface area contributed by atoms with Crippen molar-refractivity contribution in [3.63, 3.8) is 0 Å². The molecule has 0 saturated heterocycles. The zero-order chi connectivity index (χ0) is 14.6. The largest absolute Gasteiger partial charge is 0.397 e. The third kappa shape index (κ3) is 2.05. The van der Waals surface area contributed by atoms with Crippen molar-refractivity contribution >= 4 is 17.3 Å². The first-order valence-electron chi connectivity index (χ1n) is 8.25. The molecule has 0 unspecified atom stereocenters. The van der Waals surface area contributed by atoms with E-state index in [4.69, 9.17) is 5.73 Å². The molecule has 3 heteroatoms. The van der Waals surface area contributed by atoms with Crippen molar-refractivity contribution in [3.8, 4) is 0 Å². The van der Waals surface area contributed by atoms with Gasteiger partial charge in [-0.2, -0.15) is 0 Å². The zero-order valence-electron chi connectivity index (χ0n) is 12.7. The third-order valence-corrected chi connectivity index (χ3v) is 6.14. The molecule has 4 aliphatic rings. The van der Waals surface area contributed by atoms with Crippen molar-refractivity contribution in [1.29, 1.82) is 0 Å². The molecule has 21 heavy (non-hydrogen) atoms. The van der Waals surface area contributed by atoms with Crippen LogP contribution in [0.1, 0.15) is 32.1 Å². The van der Waals surface area contributed by atoms with E-state index >= 15 is 0 Å². The summed E-state index contributed by atoms with van der Waals surface area (Å²) in [5.74, 6) is 3.60. The molecule has 0 heterocycles. The Hall–Kier alpha value is -1.51. The molecular weight excluding hydrogens is 260 g/mol. The van der Waals surface area contributed by atoms with Crippen LogP contribution < -0.4 is 10.6 Å². The van der Waals surface area contributed by atoms with Crippen molar-refractivity contribution in [2.24, 2.45) is 29.6 Å². The first-order chi connectivity index (χ1) is 10.1. The minimum Gasteiger partial charge on any atom is -0.397 e. The van der Waals surface area contributed by atoms with Crippen LogP contribution in [-0.4, -0.2) is 13.0 Å². The molecule has 1 aromatic carbocycles. The van der Waals surface area contributed by atoms with Crippen molar-refractivity contribution in [2.45, 2.75) is 32.1 Å². The quantitative estimate of drug-likeness (QED) is 0.847. The first-order valence-corrected chi connectivity index (χ1v) is 8.25. The van der Waals surface area contributed by atoms with Crippen LogP contribution in [0.5, 0.6) is 0 Å². The summed E-state index contributed by atoms with van der Waals surface area (Å²) in [6, 6.07) is 7.69. The van der Waals surface area contributed by atoms with E-state index in [1.807, 2.05) is 36.2 Å². The van der Waals surface area contributed by atoms with E-state index in [9.17, 15) is 4.79 Å². The van der Waals surface area contributed by atoms with Gasteiger partial charge in [-0.05, 0) is 67.9 Å². The predicted molar refractivity (Wildman–Crippen MR) is 84.8 cm³/mol. The number of nitrogens with two attached hydrogens (primary N) is 1. The molecule has 0 spiro atoms. The van der Waals surface area contributed by atoms with Gasteiger partial charge in [-0.15, -0.1) is 0 Å². The Morgan fingerprint density at radius 2 is 1.62 bits per heavy atom. The molecule has 4 bridgehead atoms.